The molecule has 2 rings (SSSR count). The summed E-state index contributed by atoms with van der Waals surface area (Å²) in [5, 5.41) is 6.04. The molecule has 2 aromatic rings. The lowest BCUT2D eigenvalue weighted by molar-refractivity contribution is 0.557. The number of rotatable bonds is 4. The zero-order valence-corrected chi connectivity index (χ0v) is 10.3. The minimum Gasteiger partial charge on any atom is -0.396 e. The average molecular weight is 268 g/mol. The maximum absolute atomic E-state index is 12.0. The highest BCUT2D eigenvalue weighted by molar-refractivity contribution is 7.89. The Morgan fingerprint density at radius 3 is 2.83 bits per heavy atom. The molecule has 96 valence electrons. The van der Waals surface area contributed by atoms with E-state index in [0.29, 0.717) is 5.82 Å². The summed E-state index contributed by atoms with van der Waals surface area (Å²) in [6, 6.07) is 2.48. The van der Waals surface area contributed by atoms with Gasteiger partial charge in [-0.3, -0.25) is 5.10 Å². The number of sulfonamides is 1. The molecule has 0 spiro atoms. The van der Waals surface area contributed by atoms with Crippen LogP contribution in [0.25, 0.3) is 0 Å². The Kier molecular flexibility index (Phi) is 3.26. The average Bonchev–Trinajstić information content (AvgIpc) is 2.82. The first-order valence-electron chi connectivity index (χ1n) is 5.09. The van der Waals surface area contributed by atoms with Gasteiger partial charge in [-0.2, -0.15) is 9.82 Å². The predicted octanol–water partition coefficient (Wildman–Crippen LogP) is -0.179. The molecule has 0 saturated carbocycles. The molecule has 2 aromatic heterocycles. The van der Waals surface area contributed by atoms with Gasteiger partial charge in [0.15, 0.2) is 5.03 Å². The van der Waals surface area contributed by atoms with E-state index in [1.807, 2.05) is 0 Å². The zero-order valence-electron chi connectivity index (χ0n) is 9.53. The van der Waals surface area contributed by atoms with Gasteiger partial charge in [0.2, 0.25) is 0 Å². The number of nitrogens with zero attached hydrogens (tertiary/aromatic N) is 3. The number of anilines is 1. The topological polar surface area (TPSA) is 127 Å². The largest absolute Gasteiger partial charge is 0.396 e. The van der Waals surface area contributed by atoms with E-state index in [0.717, 1.165) is 0 Å². The minimum atomic E-state index is -3.79. The second-order valence-corrected chi connectivity index (χ2v) is 5.24. The number of nitrogens with two attached hydrogens (primary N) is 1. The van der Waals surface area contributed by atoms with E-state index in [9.17, 15) is 8.42 Å². The van der Waals surface area contributed by atoms with Crippen molar-refractivity contribution in [3.63, 3.8) is 0 Å². The van der Waals surface area contributed by atoms with Crippen LogP contribution in [0.15, 0.2) is 29.7 Å². The van der Waals surface area contributed by atoms with E-state index < -0.39 is 16.1 Å². The third-order valence-electron chi connectivity index (χ3n) is 2.23. The predicted molar refractivity (Wildman–Crippen MR) is 63.8 cm³/mol. The van der Waals surface area contributed by atoms with Crippen molar-refractivity contribution in [3.8, 4) is 0 Å². The molecule has 0 aliphatic carbocycles. The standard InChI is InChI=1S/C9H12N6O2S/c1-6(8-12-5-13-14-8)15-18(16,17)9-7(10)3-2-4-11-9/h2-6,15H,10H2,1H3,(H,12,13,14). The number of nitrogens with one attached hydrogen (secondary N) is 2. The van der Waals surface area contributed by atoms with Gasteiger partial charge >= 0.3 is 0 Å². The van der Waals surface area contributed by atoms with Crippen LogP contribution < -0.4 is 10.5 Å². The van der Waals surface area contributed by atoms with Crippen LogP contribution in [0.3, 0.4) is 0 Å². The number of H-pyrrole nitrogens is 1. The van der Waals surface area contributed by atoms with E-state index >= 15 is 0 Å². The van der Waals surface area contributed by atoms with Gasteiger partial charge in [-0.15, -0.1) is 0 Å². The van der Waals surface area contributed by atoms with E-state index in [1.54, 1.807) is 13.0 Å². The van der Waals surface area contributed by atoms with E-state index in [-0.39, 0.29) is 10.7 Å². The third kappa shape index (κ3) is 2.46. The molecular weight excluding hydrogens is 256 g/mol. The fourth-order valence-corrected chi connectivity index (χ4v) is 2.66. The summed E-state index contributed by atoms with van der Waals surface area (Å²) in [4.78, 5) is 7.63. The highest BCUT2D eigenvalue weighted by Crippen LogP contribution is 2.16. The lowest BCUT2D eigenvalue weighted by Crippen LogP contribution is -2.29. The van der Waals surface area contributed by atoms with Crippen molar-refractivity contribution in [3.05, 3.63) is 30.5 Å². The second kappa shape index (κ2) is 4.70. The molecule has 8 nitrogen and oxygen atoms in total. The van der Waals surface area contributed by atoms with Crippen molar-refractivity contribution in [1.82, 2.24) is 24.9 Å². The third-order valence-corrected chi connectivity index (χ3v) is 3.74. The Labute approximate surface area is 104 Å². The molecule has 0 saturated heterocycles. The molecule has 0 bridgehead atoms. The highest BCUT2D eigenvalue weighted by atomic mass is 32.2. The molecular formula is C9H12N6O2S. The normalized spacial score (nSPS) is 13.4. The molecule has 0 aliphatic rings. The van der Waals surface area contributed by atoms with Crippen molar-refractivity contribution in [1.29, 1.82) is 0 Å². The number of aromatic amines is 1. The van der Waals surface area contributed by atoms with Crippen LogP contribution in [0.5, 0.6) is 0 Å². The highest BCUT2D eigenvalue weighted by Gasteiger charge is 2.23. The first kappa shape index (κ1) is 12.5. The Bertz CT molecular complexity index is 624. The Morgan fingerprint density at radius 2 is 2.22 bits per heavy atom. The van der Waals surface area contributed by atoms with Gasteiger partial charge in [0, 0.05) is 6.20 Å². The van der Waals surface area contributed by atoms with Gasteiger partial charge in [-0.1, -0.05) is 0 Å². The number of nitrogen functional groups attached to an aromatic ring is 1. The first-order chi connectivity index (χ1) is 8.50. The fourth-order valence-electron chi connectivity index (χ4n) is 1.40. The number of hydrogen-bond donors (Lipinski definition) is 3. The maximum Gasteiger partial charge on any atom is 0.260 e. The molecule has 1 atom stereocenters. The molecule has 0 aliphatic heterocycles. The summed E-state index contributed by atoms with van der Waals surface area (Å²) < 4.78 is 26.5. The summed E-state index contributed by atoms with van der Waals surface area (Å²) in [5.41, 5.74) is 5.68. The van der Waals surface area contributed by atoms with Gasteiger partial charge < -0.3 is 5.73 Å². The summed E-state index contributed by atoms with van der Waals surface area (Å²) in [7, 11) is -3.79. The summed E-state index contributed by atoms with van der Waals surface area (Å²) >= 11 is 0. The zero-order chi connectivity index (χ0) is 13.2. The molecule has 0 radical (unpaired) electrons. The molecule has 0 aromatic carbocycles. The molecule has 18 heavy (non-hydrogen) atoms. The van der Waals surface area contributed by atoms with E-state index in [1.165, 1.54) is 18.6 Å². The SMILES string of the molecule is CC(NS(=O)(=O)c1ncccc1N)c1ncn[nH]1. The molecule has 2 heterocycles. The van der Waals surface area contributed by atoms with Crippen molar-refractivity contribution >= 4 is 15.7 Å². The lowest BCUT2D eigenvalue weighted by Gasteiger charge is -2.12. The molecule has 9 heteroatoms. The number of pyridine rings is 1. The van der Waals surface area contributed by atoms with Crippen molar-refractivity contribution in [2.24, 2.45) is 0 Å². The van der Waals surface area contributed by atoms with E-state index in [2.05, 4.69) is 24.9 Å². The lowest BCUT2D eigenvalue weighted by atomic mass is 10.3. The van der Waals surface area contributed by atoms with Crippen LogP contribution in [0, 0.1) is 0 Å². The van der Waals surface area contributed by atoms with Crippen LogP contribution >= 0.6 is 0 Å². The summed E-state index contributed by atoms with van der Waals surface area (Å²) in [5.74, 6) is 0.410. The van der Waals surface area contributed by atoms with Crippen LogP contribution in [0.2, 0.25) is 0 Å². The second-order valence-electron chi connectivity index (χ2n) is 3.61. The molecule has 1 unspecified atom stereocenters. The Balaban J connectivity index is 2.26. The quantitative estimate of drug-likeness (QED) is 0.706. The summed E-state index contributed by atoms with van der Waals surface area (Å²) in [6.07, 6.45) is 2.67. The van der Waals surface area contributed by atoms with E-state index in [4.69, 9.17) is 5.73 Å². The smallest absolute Gasteiger partial charge is 0.260 e. The van der Waals surface area contributed by atoms with Crippen molar-refractivity contribution in [2.45, 2.75) is 18.0 Å². The Hall–Kier alpha value is -2.00. The Morgan fingerprint density at radius 1 is 1.44 bits per heavy atom. The fraction of sp³-hybridized carbons (Fsp3) is 0.222. The first-order valence-corrected chi connectivity index (χ1v) is 6.57. The monoisotopic (exact) mass is 268 g/mol. The van der Waals surface area contributed by atoms with Gasteiger partial charge in [-0.05, 0) is 19.1 Å². The van der Waals surface area contributed by atoms with Gasteiger partial charge in [0.1, 0.15) is 12.2 Å². The van der Waals surface area contributed by atoms with Crippen molar-refractivity contribution < 1.29 is 8.42 Å². The van der Waals surface area contributed by atoms with Crippen LogP contribution in [-0.4, -0.2) is 28.6 Å². The van der Waals surface area contributed by atoms with Crippen LogP contribution in [0.1, 0.15) is 18.8 Å². The maximum atomic E-state index is 12.0. The minimum absolute atomic E-state index is 0.0924. The van der Waals surface area contributed by atoms with Crippen molar-refractivity contribution in [2.75, 3.05) is 5.73 Å². The van der Waals surface area contributed by atoms with Gasteiger partial charge in [-0.25, -0.2) is 18.4 Å². The molecule has 0 amide bonds. The molecule has 4 N–H and O–H groups in total. The summed E-state index contributed by atoms with van der Waals surface area (Å²) in [6.45, 7) is 1.64. The molecule has 0 fully saturated rings. The van der Waals surface area contributed by atoms with Gasteiger partial charge in [0.05, 0.1) is 11.7 Å². The van der Waals surface area contributed by atoms with Crippen LogP contribution in [0.4, 0.5) is 5.69 Å². The van der Waals surface area contributed by atoms with Crippen LogP contribution in [-0.2, 0) is 10.0 Å². The number of aromatic nitrogens is 4. The van der Waals surface area contributed by atoms with Gasteiger partial charge in [0.25, 0.3) is 10.0 Å². The number of hydrogen-bond acceptors (Lipinski definition) is 6.